The molecule has 92 valence electrons. The Bertz CT molecular complexity index is 485. The van der Waals surface area contributed by atoms with E-state index in [0.29, 0.717) is 18.8 Å². The predicted molar refractivity (Wildman–Crippen MR) is 71.5 cm³/mol. The Morgan fingerprint density at radius 1 is 1.00 bits per heavy atom. The Kier molecular flexibility index (Phi) is 4.30. The van der Waals surface area contributed by atoms with Crippen LogP contribution in [0.2, 0.25) is 0 Å². The molecule has 4 heteroatoms. The largest absolute Gasteiger partial charge is 0.383 e. The van der Waals surface area contributed by atoms with E-state index in [0.717, 1.165) is 5.69 Å². The molecular weight excluding hydrogens is 226 g/mol. The summed E-state index contributed by atoms with van der Waals surface area (Å²) in [5, 5.41) is 6.02. The van der Waals surface area contributed by atoms with Crippen LogP contribution in [0.3, 0.4) is 0 Å². The fraction of sp³-hybridized carbons (Fsp3) is 0.143. The molecule has 0 aliphatic rings. The number of hydrogen-bond donors (Lipinski definition) is 2. The van der Waals surface area contributed by atoms with E-state index in [1.807, 2.05) is 30.3 Å². The molecule has 2 rings (SSSR count). The Balaban J connectivity index is 1.72. The van der Waals surface area contributed by atoms with Crippen LogP contribution in [0.1, 0.15) is 10.5 Å². The summed E-state index contributed by atoms with van der Waals surface area (Å²) >= 11 is 0. The number of anilines is 1. The molecule has 0 aliphatic carbocycles. The molecule has 2 aromatic rings. The summed E-state index contributed by atoms with van der Waals surface area (Å²) in [6, 6.07) is 15.1. The van der Waals surface area contributed by atoms with Gasteiger partial charge in [-0.2, -0.15) is 0 Å². The van der Waals surface area contributed by atoms with Crippen LogP contribution in [0.25, 0.3) is 0 Å². The minimum atomic E-state index is -0.148. The number of nitrogens with one attached hydrogen (secondary N) is 2. The average molecular weight is 241 g/mol. The van der Waals surface area contributed by atoms with Crippen molar-refractivity contribution < 1.29 is 4.79 Å². The third kappa shape index (κ3) is 3.59. The summed E-state index contributed by atoms with van der Waals surface area (Å²) < 4.78 is 0. The minimum Gasteiger partial charge on any atom is -0.383 e. The number of para-hydroxylation sites is 1. The van der Waals surface area contributed by atoms with Crippen molar-refractivity contribution in [1.29, 1.82) is 0 Å². The first-order chi connectivity index (χ1) is 8.86. The molecule has 0 bridgehead atoms. The second-order valence-corrected chi connectivity index (χ2v) is 3.76. The van der Waals surface area contributed by atoms with Gasteiger partial charge in [-0.3, -0.25) is 9.78 Å². The zero-order valence-corrected chi connectivity index (χ0v) is 9.97. The van der Waals surface area contributed by atoms with Crippen molar-refractivity contribution in [2.75, 3.05) is 18.4 Å². The quantitative estimate of drug-likeness (QED) is 0.786. The Labute approximate surface area is 106 Å². The molecule has 1 heterocycles. The molecule has 1 aromatic heterocycles. The van der Waals surface area contributed by atoms with Crippen molar-refractivity contribution in [2.24, 2.45) is 0 Å². The van der Waals surface area contributed by atoms with Gasteiger partial charge in [0.05, 0.1) is 0 Å². The lowest BCUT2D eigenvalue weighted by Crippen LogP contribution is -2.29. The molecule has 0 atom stereocenters. The molecule has 0 unspecified atom stereocenters. The summed E-state index contributed by atoms with van der Waals surface area (Å²) in [6.07, 6.45) is 1.61. The molecule has 0 saturated carbocycles. The van der Waals surface area contributed by atoms with Crippen LogP contribution >= 0.6 is 0 Å². The highest BCUT2D eigenvalue weighted by atomic mass is 16.1. The van der Waals surface area contributed by atoms with Gasteiger partial charge in [-0.1, -0.05) is 24.3 Å². The molecule has 0 fully saturated rings. The fourth-order valence-electron chi connectivity index (χ4n) is 1.53. The molecule has 0 aliphatic heterocycles. The van der Waals surface area contributed by atoms with Crippen molar-refractivity contribution in [3.8, 4) is 0 Å². The molecular formula is C14H15N3O. The number of benzene rings is 1. The van der Waals surface area contributed by atoms with Gasteiger partial charge in [0.15, 0.2) is 0 Å². The van der Waals surface area contributed by atoms with E-state index < -0.39 is 0 Å². The average Bonchev–Trinajstić information content (AvgIpc) is 2.45. The fourth-order valence-corrected chi connectivity index (χ4v) is 1.53. The second kappa shape index (κ2) is 6.39. The van der Waals surface area contributed by atoms with Gasteiger partial charge in [-0.05, 0) is 24.3 Å². The molecule has 0 saturated heterocycles. The van der Waals surface area contributed by atoms with Crippen LogP contribution in [0, 0.1) is 0 Å². The van der Waals surface area contributed by atoms with Crippen molar-refractivity contribution in [2.45, 2.75) is 0 Å². The van der Waals surface area contributed by atoms with Crippen molar-refractivity contribution in [1.82, 2.24) is 10.3 Å². The second-order valence-electron chi connectivity index (χ2n) is 3.76. The van der Waals surface area contributed by atoms with Crippen LogP contribution in [0.5, 0.6) is 0 Å². The molecule has 0 spiro atoms. The van der Waals surface area contributed by atoms with E-state index in [4.69, 9.17) is 0 Å². The molecule has 18 heavy (non-hydrogen) atoms. The molecule has 1 aromatic carbocycles. The van der Waals surface area contributed by atoms with Crippen LogP contribution < -0.4 is 10.6 Å². The van der Waals surface area contributed by atoms with Gasteiger partial charge in [-0.25, -0.2) is 0 Å². The number of carbonyl (C=O) groups excluding carboxylic acids is 1. The van der Waals surface area contributed by atoms with E-state index in [2.05, 4.69) is 15.6 Å². The lowest BCUT2D eigenvalue weighted by atomic mass is 10.3. The van der Waals surface area contributed by atoms with Crippen molar-refractivity contribution in [3.63, 3.8) is 0 Å². The minimum absolute atomic E-state index is 0.148. The first-order valence-electron chi connectivity index (χ1n) is 5.84. The topological polar surface area (TPSA) is 54.0 Å². The number of nitrogens with zero attached hydrogens (tertiary/aromatic N) is 1. The lowest BCUT2D eigenvalue weighted by molar-refractivity contribution is 0.0950. The molecule has 1 amide bonds. The maximum atomic E-state index is 11.7. The normalized spacial score (nSPS) is 9.78. The molecule has 2 N–H and O–H groups in total. The number of pyridine rings is 1. The molecule has 0 radical (unpaired) electrons. The number of amides is 1. The Hall–Kier alpha value is -2.36. The monoisotopic (exact) mass is 241 g/mol. The standard InChI is InChI=1S/C14H15N3O/c18-14(13-8-4-5-9-16-13)17-11-10-15-12-6-2-1-3-7-12/h1-9,15H,10-11H2,(H,17,18). The predicted octanol–water partition coefficient (Wildman–Crippen LogP) is 1.92. The summed E-state index contributed by atoms with van der Waals surface area (Å²) in [7, 11) is 0. The van der Waals surface area contributed by atoms with E-state index in [1.165, 1.54) is 0 Å². The number of hydrogen-bond acceptors (Lipinski definition) is 3. The van der Waals surface area contributed by atoms with Gasteiger partial charge in [0.1, 0.15) is 5.69 Å². The van der Waals surface area contributed by atoms with Crippen LogP contribution in [0.15, 0.2) is 54.7 Å². The smallest absolute Gasteiger partial charge is 0.269 e. The highest BCUT2D eigenvalue weighted by Crippen LogP contribution is 2.03. The van der Waals surface area contributed by atoms with Gasteiger partial charge in [0, 0.05) is 25.0 Å². The van der Waals surface area contributed by atoms with Gasteiger partial charge >= 0.3 is 0 Å². The first-order valence-corrected chi connectivity index (χ1v) is 5.84. The zero-order chi connectivity index (χ0) is 12.6. The summed E-state index contributed by atoms with van der Waals surface area (Å²) in [4.78, 5) is 15.6. The van der Waals surface area contributed by atoms with Gasteiger partial charge in [-0.15, -0.1) is 0 Å². The lowest BCUT2D eigenvalue weighted by Gasteiger charge is -2.07. The highest BCUT2D eigenvalue weighted by molar-refractivity contribution is 5.92. The van der Waals surface area contributed by atoms with Crippen LogP contribution in [0.4, 0.5) is 5.69 Å². The summed E-state index contributed by atoms with van der Waals surface area (Å²) in [6.45, 7) is 1.24. The van der Waals surface area contributed by atoms with Gasteiger partial charge in [0.25, 0.3) is 5.91 Å². The Morgan fingerprint density at radius 2 is 1.78 bits per heavy atom. The van der Waals surface area contributed by atoms with Gasteiger partial charge in [0.2, 0.25) is 0 Å². The first kappa shape index (κ1) is 12.1. The third-order valence-corrected chi connectivity index (χ3v) is 2.41. The number of rotatable bonds is 5. The molecule has 4 nitrogen and oxygen atoms in total. The van der Waals surface area contributed by atoms with E-state index in [1.54, 1.807) is 24.4 Å². The summed E-state index contributed by atoms with van der Waals surface area (Å²) in [5.41, 5.74) is 1.49. The van der Waals surface area contributed by atoms with E-state index in [-0.39, 0.29) is 5.91 Å². The SMILES string of the molecule is O=C(NCCNc1ccccc1)c1ccccn1. The van der Waals surface area contributed by atoms with Crippen molar-refractivity contribution in [3.05, 3.63) is 60.4 Å². The summed E-state index contributed by atoms with van der Waals surface area (Å²) in [5.74, 6) is -0.148. The van der Waals surface area contributed by atoms with E-state index >= 15 is 0 Å². The third-order valence-electron chi connectivity index (χ3n) is 2.41. The maximum absolute atomic E-state index is 11.7. The Morgan fingerprint density at radius 3 is 2.50 bits per heavy atom. The van der Waals surface area contributed by atoms with E-state index in [9.17, 15) is 4.79 Å². The van der Waals surface area contributed by atoms with Gasteiger partial charge < -0.3 is 10.6 Å². The maximum Gasteiger partial charge on any atom is 0.269 e. The highest BCUT2D eigenvalue weighted by Gasteiger charge is 2.03. The zero-order valence-electron chi connectivity index (χ0n) is 9.97. The number of carbonyl (C=O) groups is 1. The van der Waals surface area contributed by atoms with Crippen LogP contribution in [-0.2, 0) is 0 Å². The van der Waals surface area contributed by atoms with Crippen molar-refractivity contribution >= 4 is 11.6 Å². The number of aromatic nitrogens is 1. The van der Waals surface area contributed by atoms with Crippen LogP contribution in [-0.4, -0.2) is 24.0 Å².